The van der Waals surface area contributed by atoms with Crippen molar-refractivity contribution < 1.29 is 8.78 Å². The van der Waals surface area contributed by atoms with Gasteiger partial charge in [0.2, 0.25) is 0 Å². The maximum absolute atomic E-state index is 14.0. The highest BCUT2D eigenvalue weighted by Crippen LogP contribution is 2.26. The third-order valence-electron chi connectivity index (χ3n) is 3.45. The van der Waals surface area contributed by atoms with E-state index in [1.807, 2.05) is 4.90 Å². The minimum Gasteiger partial charge on any atom is -0.329 e. The van der Waals surface area contributed by atoms with Crippen molar-refractivity contribution in [3.63, 3.8) is 0 Å². The first-order chi connectivity index (χ1) is 10.0. The third-order valence-corrected chi connectivity index (χ3v) is 3.69. The largest absolute Gasteiger partial charge is 0.329 e. The van der Waals surface area contributed by atoms with Crippen LogP contribution in [0.3, 0.4) is 0 Å². The molecule has 0 spiro atoms. The minimum atomic E-state index is -0.372. The summed E-state index contributed by atoms with van der Waals surface area (Å²) in [6, 6.07) is 10.5. The molecule has 2 aromatic carbocycles. The van der Waals surface area contributed by atoms with E-state index >= 15 is 0 Å². The Bertz CT molecular complexity index is 619. The summed E-state index contributed by atoms with van der Waals surface area (Å²) in [5.74, 6) is -0.651. The summed E-state index contributed by atoms with van der Waals surface area (Å²) < 4.78 is 27.7. The summed E-state index contributed by atoms with van der Waals surface area (Å²) in [7, 11) is 1.78. The predicted molar refractivity (Wildman–Crippen MR) is 81.1 cm³/mol. The second-order valence-corrected chi connectivity index (χ2v) is 5.36. The molecule has 0 aliphatic rings. The molecule has 0 saturated carbocycles. The van der Waals surface area contributed by atoms with Crippen molar-refractivity contribution in [1.29, 1.82) is 0 Å². The van der Waals surface area contributed by atoms with Crippen LogP contribution in [-0.2, 0) is 6.54 Å². The fourth-order valence-corrected chi connectivity index (χ4v) is 2.50. The maximum Gasteiger partial charge on any atom is 0.128 e. The smallest absolute Gasteiger partial charge is 0.128 e. The zero-order chi connectivity index (χ0) is 15.4. The second-order valence-electron chi connectivity index (χ2n) is 4.92. The molecule has 0 saturated heterocycles. The van der Waals surface area contributed by atoms with E-state index in [1.54, 1.807) is 31.3 Å². The Kier molecular flexibility index (Phi) is 5.28. The summed E-state index contributed by atoms with van der Waals surface area (Å²) >= 11 is 5.92. The Morgan fingerprint density at radius 2 is 1.86 bits per heavy atom. The van der Waals surface area contributed by atoms with E-state index < -0.39 is 0 Å². The number of benzene rings is 2. The van der Waals surface area contributed by atoms with Gasteiger partial charge in [-0.1, -0.05) is 29.8 Å². The molecule has 0 fully saturated rings. The van der Waals surface area contributed by atoms with Gasteiger partial charge in [0.1, 0.15) is 11.6 Å². The van der Waals surface area contributed by atoms with Gasteiger partial charge in [-0.2, -0.15) is 0 Å². The third kappa shape index (κ3) is 3.79. The van der Waals surface area contributed by atoms with E-state index in [9.17, 15) is 8.78 Å². The molecular formula is C16H17ClF2N2. The first-order valence-corrected chi connectivity index (χ1v) is 6.99. The lowest BCUT2D eigenvalue weighted by molar-refractivity contribution is 0.233. The topological polar surface area (TPSA) is 29.3 Å². The van der Waals surface area contributed by atoms with E-state index in [0.29, 0.717) is 22.7 Å². The molecule has 112 valence electrons. The van der Waals surface area contributed by atoms with Crippen LogP contribution < -0.4 is 5.73 Å². The van der Waals surface area contributed by atoms with E-state index in [2.05, 4.69) is 0 Å². The molecule has 0 amide bonds. The van der Waals surface area contributed by atoms with Crippen LogP contribution >= 0.6 is 11.6 Å². The van der Waals surface area contributed by atoms with Crippen LogP contribution in [0, 0.1) is 11.6 Å². The monoisotopic (exact) mass is 310 g/mol. The van der Waals surface area contributed by atoms with Crippen LogP contribution in [0.15, 0.2) is 42.5 Å². The van der Waals surface area contributed by atoms with Gasteiger partial charge in [0.25, 0.3) is 0 Å². The number of rotatable bonds is 5. The molecule has 0 aromatic heterocycles. The van der Waals surface area contributed by atoms with Crippen molar-refractivity contribution in [2.24, 2.45) is 5.73 Å². The van der Waals surface area contributed by atoms with Crippen LogP contribution in [0.1, 0.15) is 17.2 Å². The Morgan fingerprint density at radius 3 is 2.52 bits per heavy atom. The fourth-order valence-electron chi connectivity index (χ4n) is 2.32. The lowest BCUT2D eigenvalue weighted by atomic mass is 10.0. The molecule has 2 aromatic rings. The van der Waals surface area contributed by atoms with Gasteiger partial charge in [0.05, 0.1) is 0 Å². The Balaban J connectivity index is 2.25. The normalized spacial score (nSPS) is 12.7. The van der Waals surface area contributed by atoms with Gasteiger partial charge >= 0.3 is 0 Å². The van der Waals surface area contributed by atoms with Crippen LogP contribution in [-0.4, -0.2) is 18.5 Å². The molecule has 2 rings (SSSR count). The standard InChI is InChI=1S/C16H17ClF2N2/c1-21(10-11-4-2-3-5-14(11)18)16(9-20)13-8-12(17)6-7-15(13)19/h2-8,16H,9-10,20H2,1H3. The zero-order valence-electron chi connectivity index (χ0n) is 11.7. The van der Waals surface area contributed by atoms with Gasteiger partial charge in [0, 0.05) is 35.3 Å². The van der Waals surface area contributed by atoms with Gasteiger partial charge in [-0.05, 0) is 31.3 Å². The first-order valence-electron chi connectivity index (χ1n) is 6.61. The molecular weight excluding hydrogens is 294 g/mol. The van der Waals surface area contributed by atoms with Crippen molar-refractivity contribution in [2.75, 3.05) is 13.6 Å². The summed E-state index contributed by atoms with van der Waals surface area (Å²) in [6.45, 7) is 0.544. The van der Waals surface area contributed by atoms with Crippen LogP contribution in [0.4, 0.5) is 8.78 Å². The zero-order valence-corrected chi connectivity index (χ0v) is 12.4. The summed E-state index contributed by atoms with van der Waals surface area (Å²) in [6.07, 6.45) is 0. The quantitative estimate of drug-likeness (QED) is 0.911. The fraction of sp³-hybridized carbons (Fsp3) is 0.250. The van der Waals surface area contributed by atoms with Gasteiger partial charge < -0.3 is 5.73 Å². The molecule has 21 heavy (non-hydrogen) atoms. The average Bonchev–Trinajstić information content (AvgIpc) is 2.46. The minimum absolute atomic E-state index is 0.211. The second kappa shape index (κ2) is 6.98. The summed E-state index contributed by atoms with van der Waals surface area (Å²) in [5.41, 5.74) is 6.73. The van der Waals surface area contributed by atoms with Crippen LogP contribution in [0.25, 0.3) is 0 Å². The SMILES string of the molecule is CN(Cc1ccccc1F)C(CN)c1cc(Cl)ccc1F. The number of hydrogen-bond acceptors (Lipinski definition) is 2. The predicted octanol–water partition coefficient (Wildman–Crippen LogP) is 3.75. The molecule has 5 heteroatoms. The molecule has 0 aliphatic heterocycles. The Labute approximate surface area is 128 Å². The van der Waals surface area contributed by atoms with Crippen molar-refractivity contribution in [2.45, 2.75) is 12.6 Å². The highest BCUT2D eigenvalue weighted by molar-refractivity contribution is 6.30. The summed E-state index contributed by atoms with van der Waals surface area (Å²) in [4.78, 5) is 1.81. The van der Waals surface area contributed by atoms with Gasteiger partial charge in [-0.15, -0.1) is 0 Å². The molecule has 0 radical (unpaired) electrons. The Morgan fingerprint density at radius 1 is 1.14 bits per heavy atom. The molecule has 1 atom stereocenters. The van der Waals surface area contributed by atoms with Crippen molar-refractivity contribution in [3.8, 4) is 0 Å². The molecule has 0 heterocycles. The average molecular weight is 311 g/mol. The van der Waals surface area contributed by atoms with Gasteiger partial charge in [0.15, 0.2) is 0 Å². The maximum atomic E-state index is 14.0. The number of likely N-dealkylation sites (N-methyl/N-ethyl adjacent to an activating group) is 1. The number of nitrogens with zero attached hydrogens (tertiary/aromatic N) is 1. The van der Waals surface area contributed by atoms with E-state index in [1.165, 1.54) is 18.2 Å². The molecule has 1 unspecified atom stereocenters. The summed E-state index contributed by atoms with van der Waals surface area (Å²) in [5, 5.41) is 0.448. The van der Waals surface area contributed by atoms with E-state index in [4.69, 9.17) is 17.3 Å². The molecule has 2 N–H and O–H groups in total. The van der Waals surface area contributed by atoms with Crippen molar-refractivity contribution >= 4 is 11.6 Å². The van der Waals surface area contributed by atoms with Crippen molar-refractivity contribution in [3.05, 3.63) is 70.2 Å². The molecule has 0 aliphatic carbocycles. The Hall–Kier alpha value is -1.49. The van der Waals surface area contributed by atoms with Gasteiger partial charge in [-0.3, -0.25) is 4.90 Å². The number of hydrogen-bond donors (Lipinski definition) is 1. The van der Waals surface area contributed by atoms with Crippen LogP contribution in [0.5, 0.6) is 0 Å². The highest BCUT2D eigenvalue weighted by Gasteiger charge is 2.20. The van der Waals surface area contributed by atoms with Gasteiger partial charge in [-0.25, -0.2) is 8.78 Å². The lowest BCUT2D eigenvalue weighted by Crippen LogP contribution is -2.31. The van der Waals surface area contributed by atoms with E-state index in [-0.39, 0.29) is 24.2 Å². The van der Waals surface area contributed by atoms with Crippen LogP contribution in [0.2, 0.25) is 5.02 Å². The number of nitrogens with two attached hydrogens (primary N) is 1. The first kappa shape index (κ1) is 15.9. The molecule has 2 nitrogen and oxygen atoms in total. The lowest BCUT2D eigenvalue weighted by Gasteiger charge is -2.28. The number of halogens is 3. The highest BCUT2D eigenvalue weighted by atomic mass is 35.5. The van der Waals surface area contributed by atoms with Crippen molar-refractivity contribution in [1.82, 2.24) is 4.90 Å². The van der Waals surface area contributed by atoms with E-state index in [0.717, 1.165) is 0 Å². The molecule has 0 bridgehead atoms.